The Hall–Kier alpha value is -1.33. The van der Waals surface area contributed by atoms with Gasteiger partial charge < -0.3 is 9.47 Å². The third kappa shape index (κ3) is 2.10. The largest absolute Gasteiger partial charge is 0.376 e. The first-order chi connectivity index (χ1) is 7.70. The van der Waals surface area contributed by atoms with Gasteiger partial charge in [0.15, 0.2) is 17.4 Å². The first-order valence-corrected chi connectivity index (χ1v) is 4.87. The summed E-state index contributed by atoms with van der Waals surface area (Å²) < 4.78 is 36.4. The molecule has 0 bridgehead atoms. The maximum atomic E-state index is 13.3. The monoisotopic (exact) mass is 228 g/mol. The van der Waals surface area contributed by atoms with E-state index in [1.165, 1.54) is 12.1 Å². The van der Waals surface area contributed by atoms with Gasteiger partial charge in [0.05, 0.1) is 25.4 Å². The normalized spacial score (nSPS) is 20.8. The highest BCUT2D eigenvalue weighted by atomic mass is 19.2. The number of halogens is 2. The molecule has 86 valence electrons. The molecule has 2 rings (SSSR count). The van der Waals surface area contributed by atoms with Crippen LogP contribution in [0.15, 0.2) is 18.2 Å². The van der Waals surface area contributed by atoms with Crippen LogP contribution in [0.4, 0.5) is 8.78 Å². The van der Waals surface area contributed by atoms with E-state index in [0.29, 0.717) is 6.61 Å². The standard InChI is InChI=1S/C11H10F2O3/c12-8-3-1-2-7(10(8)13)11(14)9-6-15-4-5-16-9/h1-3,9H,4-6H2. The number of rotatable bonds is 2. The molecular formula is C11H10F2O3. The summed E-state index contributed by atoms with van der Waals surface area (Å²) in [6.45, 7) is 0.775. The van der Waals surface area contributed by atoms with E-state index in [-0.39, 0.29) is 18.8 Å². The molecule has 1 saturated heterocycles. The third-order valence-electron chi connectivity index (χ3n) is 2.33. The van der Waals surface area contributed by atoms with Crippen LogP contribution >= 0.6 is 0 Å². The van der Waals surface area contributed by atoms with Crippen LogP contribution in [0, 0.1) is 11.6 Å². The highest BCUT2D eigenvalue weighted by molar-refractivity contribution is 5.99. The van der Waals surface area contributed by atoms with Gasteiger partial charge in [-0.3, -0.25) is 4.79 Å². The van der Waals surface area contributed by atoms with Gasteiger partial charge in [0, 0.05) is 0 Å². The molecule has 0 amide bonds. The summed E-state index contributed by atoms with van der Waals surface area (Å²) >= 11 is 0. The minimum absolute atomic E-state index is 0.0782. The summed E-state index contributed by atoms with van der Waals surface area (Å²) in [7, 11) is 0. The fraction of sp³-hybridized carbons (Fsp3) is 0.364. The predicted molar refractivity (Wildman–Crippen MR) is 51.2 cm³/mol. The van der Waals surface area contributed by atoms with Crippen LogP contribution in [0.2, 0.25) is 0 Å². The van der Waals surface area contributed by atoms with Crippen LogP contribution in [0.3, 0.4) is 0 Å². The Kier molecular flexibility index (Phi) is 3.26. The zero-order chi connectivity index (χ0) is 11.5. The number of carbonyl (C=O) groups is 1. The van der Waals surface area contributed by atoms with Crippen molar-refractivity contribution in [3.8, 4) is 0 Å². The second kappa shape index (κ2) is 4.67. The molecule has 1 aromatic carbocycles. The molecule has 1 heterocycles. The van der Waals surface area contributed by atoms with Gasteiger partial charge in [-0.25, -0.2) is 8.78 Å². The van der Waals surface area contributed by atoms with Crippen molar-refractivity contribution >= 4 is 5.78 Å². The SMILES string of the molecule is O=C(c1cccc(F)c1F)C1COCCO1. The van der Waals surface area contributed by atoms with Gasteiger partial charge in [-0.05, 0) is 12.1 Å². The average molecular weight is 228 g/mol. The third-order valence-corrected chi connectivity index (χ3v) is 2.33. The minimum atomic E-state index is -1.14. The van der Waals surface area contributed by atoms with E-state index in [0.717, 1.165) is 6.07 Å². The number of hydrogen-bond acceptors (Lipinski definition) is 3. The lowest BCUT2D eigenvalue weighted by Gasteiger charge is -2.21. The fourth-order valence-electron chi connectivity index (χ4n) is 1.51. The number of ketones is 1. The molecule has 1 atom stereocenters. The van der Waals surface area contributed by atoms with Crippen LogP contribution in [0.5, 0.6) is 0 Å². The Balaban J connectivity index is 2.22. The van der Waals surface area contributed by atoms with Crippen molar-refractivity contribution in [1.82, 2.24) is 0 Å². The molecule has 0 aromatic heterocycles. The first kappa shape index (κ1) is 11.2. The molecule has 0 aliphatic carbocycles. The lowest BCUT2D eigenvalue weighted by atomic mass is 10.1. The summed E-state index contributed by atoms with van der Waals surface area (Å²) in [5.41, 5.74) is -0.296. The Morgan fingerprint density at radius 1 is 1.31 bits per heavy atom. The summed E-state index contributed by atoms with van der Waals surface area (Å²) in [4.78, 5) is 11.8. The highest BCUT2D eigenvalue weighted by Crippen LogP contribution is 2.16. The number of benzene rings is 1. The van der Waals surface area contributed by atoms with Crippen LogP contribution < -0.4 is 0 Å². The zero-order valence-corrected chi connectivity index (χ0v) is 8.41. The Bertz CT molecular complexity index is 400. The van der Waals surface area contributed by atoms with Crippen molar-refractivity contribution in [2.45, 2.75) is 6.10 Å². The van der Waals surface area contributed by atoms with Crippen LogP contribution in [0.25, 0.3) is 0 Å². The summed E-state index contributed by atoms with van der Waals surface area (Å²) in [5, 5.41) is 0. The molecule has 0 saturated carbocycles. The molecule has 3 nitrogen and oxygen atoms in total. The number of Topliss-reactive ketones (excluding diaryl/α,β-unsaturated/α-hetero) is 1. The van der Waals surface area contributed by atoms with E-state index in [9.17, 15) is 13.6 Å². The van der Waals surface area contributed by atoms with Gasteiger partial charge in [-0.1, -0.05) is 6.07 Å². The lowest BCUT2D eigenvalue weighted by Crippen LogP contribution is -2.35. The molecule has 0 spiro atoms. The van der Waals surface area contributed by atoms with Gasteiger partial charge in [0.25, 0.3) is 0 Å². The van der Waals surface area contributed by atoms with Crippen molar-refractivity contribution < 1.29 is 23.0 Å². The van der Waals surface area contributed by atoms with Crippen molar-refractivity contribution in [2.75, 3.05) is 19.8 Å². The highest BCUT2D eigenvalue weighted by Gasteiger charge is 2.26. The Morgan fingerprint density at radius 2 is 2.12 bits per heavy atom. The van der Waals surface area contributed by atoms with Crippen molar-refractivity contribution in [1.29, 1.82) is 0 Å². The molecule has 1 unspecified atom stereocenters. The smallest absolute Gasteiger partial charge is 0.196 e. The second-order valence-corrected chi connectivity index (χ2v) is 3.40. The minimum Gasteiger partial charge on any atom is -0.376 e. The topological polar surface area (TPSA) is 35.5 Å². The van der Waals surface area contributed by atoms with Crippen LogP contribution in [-0.2, 0) is 9.47 Å². The number of ether oxygens (including phenoxy) is 2. The maximum Gasteiger partial charge on any atom is 0.196 e. The lowest BCUT2D eigenvalue weighted by molar-refractivity contribution is -0.0720. The molecular weight excluding hydrogens is 218 g/mol. The van der Waals surface area contributed by atoms with E-state index in [2.05, 4.69) is 0 Å². The molecule has 0 N–H and O–H groups in total. The second-order valence-electron chi connectivity index (χ2n) is 3.40. The van der Waals surface area contributed by atoms with E-state index in [1.54, 1.807) is 0 Å². The van der Waals surface area contributed by atoms with E-state index >= 15 is 0 Å². The first-order valence-electron chi connectivity index (χ1n) is 4.87. The number of hydrogen-bond donors (Lipinski definition) is 0. The van der Waals surface area contributed by atoms with Gasteiger partial charge in [-0.2, -0.15) is 0 Å². The van der Waals surface area contributed by atoms with Gasteiger partial charge >= 0.3 is 0 Å². The quantitative estimate of drug-likeness (QED) is 0.720. The Morgan fingerprint density at radius 3 is 2.81 bits per heavy atom. The Labute approximate surface area is 91.0 Å². The summed E-state index contributed by atoms with van der Waals surface area (Å²) in [5.74, 6) is -2.76. The van der Waals surface area contributed by atoms with Gasteiger partial charge in [0.2, 0.25) is 0 Å². The van der Waals surface area contributed by atoms with Crippen LogP contribution in [-0.4, -0.2) is 31.7 Å². The van der Waals surface area contributed by atoms with Crippen molar-refractivity contribution in [3.63, 3.8) is 0 Å². The molecule has 1 aromatic rings. The van der Waals surface area contributed by atoms with Crippen molar-refractivity contribution in [3.05, 3.63) is 35.4 Å². The fourth-order valence-corrected chi connectivity index (χ4v) is 1.51. The maximum absolute atomic E-state index is 13.3. The van der Waals surface area contributed by atoms with Crippen LogP contribution in [0.1, 0.15) is 10.4 Å². The summed E-state index contributed by atoms with van der Waals surface area (Å²) in [6, 6.07) is 3.48. The molecule has 5 heteroatoms. The molecule has 0 radical (unpaired) electrons. The zero-order valence-electron chi connectivity index (χ0n) is 8.41. The number of carbonyl (C=O) groups excluding carboxylic acids is 1. The summed E-state index contributed by atoms with van der Waals surface area (Å²) in [6.07, 6.45) is -0.843. The van der Waals surface area contributed by atoms with E-state index < -0.39 is 23.5 Å². The van der Waals surface area contributed by atoms with Gasteiger partial charge in [-0.15, -0.1) is 0 Å². The predicted octanol–water partition coefficient (Wildman–Crippen LogP) is 1.56. The van der Waals surface area contributed by atoms with E-state index in [4.69, 9.17) is 9.47 Å². The van der Waals surface area contributed by atoms with Crippen molar-refractivity contribution in [2.24, 2.45) is 0 Å². The average Bonchev–Trinajstić information content (AvgIpc) is 2.33. The molecule has 1 fully saturated rings. The molecule has 16 heavy (non-hydrogen) atoms. The molecule has 1 aliphatic rings. The van der Waals surface area contributed by atoms with E-state index in [1.807, 2.05) is 0 Å². The molecule has 1 aliphatic heterocycles. The van der Waals surface area contributed by atoms with Gasteiger partial charge in [0.1, 0.15) is 6.10 Å².